The molecule has 1 aromatic carbocycles. The van der Waals surface area contributed by atoms with Crippen molar-refractivity contribution in [3.05, 3.63) is 28.8 Å². The highest BCUT2D eigenvalue weighted by atomic mass is 35.5. The Bertz CT molecular complexity index is 483. The van der Waals surface area contributed by atoms with E-state index >= 15 is 0 Å². The average Bonchev–Trinajstić information content (AvgIpc) is 2.86. The SMILES string of the molecule is CCSC1CCCC1NC(=O)c1cc(Cl)ccc1NN. The Labute approximate surface area is 128 Å². The number of nitrogen functional groups attached to an aromatic ring is 1. The zero-order chi connectivity index (χ0) is 14.5. The number of amides is 1. The van der Waals surface area contributed by atoms with Gasteiger partial charge in [-0.05, 0) is 36.8 Å². The van der Waals surface area contributed by atoms with Crippen LogP contribution in [0.25, 0.3) is 0 Å². The second-order valence-electron chi connectivity index (χ2n) is 4.84. The minimum atomic E-state index is -0.117. The molecule has 0 radical (unpaired) electrons. The van der Waals surface area contributed by atoms with Crippen LogP contribution in [0.15, 0.2) is 18.2 Å². The highest BCUT2D eigenvalue weighted by molar-refractivity contribution is 7.99. The number of thioether (sulfide) groups is 1. The molecule has 1 aliphatic carbocycles. The fraction of sp³-hybridized carbons (Fsp3) is 0.500. The van der Waals surface area contributed by atoms with Crippen LogP contribution in [0.2, 0.25) is 5.02 Å². The van der Waals surface area contributed by atoms with Crippen LogP contribution < -0.4 is 16.6 Å². The van der Waals surface area contributed by atoms with Crippen molar-refractivity contribution in [3.8, 4) is 0 Å². The molecule has 2 unspecified atom stereocenters. The number of hydrogen-bond donors (Lipinski definition) is 3. The molecule has 1 aliphatic rings. The van der Waals surface area contributed by atoms with Crippen LogP contribution in [-0.4, -0.2) is 23.0 Å². The van der Waals surface area contributed by atoms with E-state index < -0.39 is 0 Å². The van der Waals surface area contributed by atoms with Gasteiger partial charge in [0.05, 0.1) is 11.3 Å². The number of hydrogen-bond acceptors (Lipinski definition) is 4. The van der Waals surface area contributed by atoms with Gasteiger partial charge in [0, 0.05) is 16.3 Å². The molecule has 1 amide bonds. The van der Waals surface area contributed by atoms with Crippen molar-refractivity contribution >= 4 is 35.0 Å². The zero-order valence-corrected chi connectivity index (χ0v) is 13.1. The van der Waals surface area contributed by atoms with Gasteiger partial charge in [-0.3, -0.25) is 10.6 Å². The van der Waals surface area contributed by atoms with Gasteiger partial charge in [-0.15, -0.1) is 0 Å². The topological polar surface area (TPSA) is 67.2 Å². The van der Waals surface area contributed by atoms with Crippen LogP contribution in [0.4, 0.5) is 5.69 Å². The third-order valence-electron chi connectivity index (χ3n) is 3.53. The second-order valence-corrected chi connectivity index (χ2v) is 6.79. The maximum Gasteiger partial charge on any atom is 0.253 e. The number of nitrogens with one attached hydrogen (secondary N) is 2. The molecule has 20 heavy (non-hydrogen) atoms. The third-order valence-corrected chi connectivity index (χ3v) is 5.09. The summed E-state index contributed by atoms with van der Waals surface area (Å²) in [5.74, 6) is 6.40. The van der Waals surface area contributed by atoms with Gasteiger partial charge in [-0.2, -0.15) is 11.8 Å². The van der Waals surface area contributed by atoms with Crippen molar-refractivity contribution in [2.45, 2.75) is 37.5 Å². The normalized spacial score (nSPS) is 21.8. The zero-order valence-electron chi connectivity index (χ0n) is 11.5. The number of benzene rings is 1. The van der Waals surface area contributed by atoms with Crippen LogP contribution >= 0.6 is 23.4 Å². The van der Waals surface area contributed by atoms with Crippen LogP contribution in [0.5, 0.6) is 0 Å². The van der Waals surface area contributed by atoms with Crippen LogP contribution in [-0.2, 0) is 0 Å². The maximum atomic E-state index is 12.4. The first-order valence-corrected chi connectivity index (χ1v) is 8.27. The van der Waals surface area contributed by atoms with E-state index in [1.54, 1.807) is 18.2 Å². The number of carbonyl (C=O) groups excluding carboxylic acids is 1. The molecule has 4 N–H and O–H groups in total. The predicted molar refractivity (Wildman–Crippen MR) is 86.3 cm³/mol. The smallest absolute Gasteiger partial charge is 0.253 e. The quantitative estimate of drug-likeness (QED) is 0.577. The average molecular weight is 314 g/mol. The number of rotatable bonds is 5. The highest BCUT2D eigenvalue weighted by Crippen LogP contribution is 2.30. The molecule has 2 rings (SSSR count). The molecule has 1 saturated carbocycles. The number of halogens is 1. The summed E-state index contributed by atoms with van der Waals surface area (Å²) in [6.45, 7) is 2.15. The minimum absolute atomic E-state index is 0.117. The monoisotopic (exact) mass is 313 g/mol. The first kappa shape index (κ1) is 15.5. The van der Waals surface area contributed by atoms with E-state index in [2.05, 4.69) is 17.7 Å². The summed E-state index contributed by atoms with van der Waals surface area (Å²) in [6.07, 6.45) is 3.37. The van der Waals surface area contributed by atoms with Crippen molar-refractivity contribution in [1.82, 2.24) is 5.32 Å². The largest absolute Gasteiger partial charge is 0.348 e. The van der Waals surface area contributed by atoms with Crippen molar-refractivity contribution in [2.24, 2.45) is 5.84 Å². The van der Waals surface area contributed by atoms with E-state index in [1.165, 1.54) is 12.8 Å². The van der Waals surface area contributed by atoms with E-state index in [9.17, 15) is 4.79 Å². The van der Waals surface area contributed by atoms with E-state index in [4.69, 9.17) is 17.4 Å². The van der Waals surface area contributed by atoms with Gasteiger partial charge in [-0.1, -0.05) is 24.9 Å². The summed E-state index contributed by atoms with van der Waals surface area (Å²) in [7, 11) is 0. The summed E-state index contributed by atoms with van der Waals surface area (Å²) in [4.78, 5) is 12.4. The third kappa shape index (κ3) is 3.59. The summed E-state index contributed by atoms with van der Waals surface area (Å²) < 4.78 is 0. The van der Waals surface area contributed by atoms with E-state index in [0.717, 1.165) is 12.2 Å². The molecular formula is C14H20ClN3OS. The number of carbonyl (C=O) groups is 1. The van der Waals surface area contributed by atoms with E-state index in [0.29, 0.717) is 21.5 Å². The molecule has 0 aliphatic heterocycles. The van der Waals surface area contributed by atoms with Gasteiger partial charge in [0.25, 0.3) is 5.91 Å². The molecule has 0 aromatic heterocycles. The second kappa shape index (κ2) is 7.20. The van der Waals surface area contributed by atoms with Crippen LogP contribution in [0.3, 0.4) is 0 Å². The Morgan fingerprint density at radius 2 is 2.30 bits per heavy atom. The first-order valence-electron chi connectivity index (χ1n) is 6.84. The molecule has 0 spiro atoms. The molecule has 0 heterocycles. The lowest BCUT2D eigenvalue weighted by molar-refractivity contribution is 0.0939. The number of hydrazine groups is 1. The lowest BCUT2D eigenvalue weighted by Crippen LogP contribution is -2.39. The van der Waals surface area contributed by atoms with E-state index in [-0.39, 0.29) is 11.9 Å². The van der Waals surface area contributed by atoms with Crippen LogP contribution in [0, 0.1) is 0 Å². The summed E-state index contributed by atoms with van der Waals surface area (Å²) in [5, 5.41) is 4.16. The predicted octanol–water partition coefficient (Wildman–Crippen LogP) is 3.03. The molecular weight excluding hydrogens is 294 g/mol. The molecule has 6 heteroatoms. The van der Waals surface area contributed by atoms with Crippen LogP contribution in [0.1, 0.15) is 36.5 Å². The Balaban J connectivity index is 2.10. The molecule has 4 nitrogen and oxygen atoms in total. The van der Waals surface area contributed by atoms with Gasteiger partial charge >= 0.3 is 0 Å². The lowest BCUT2D eigenvalue weighted by Gasteiger charge is -2.21. The number of nitrogens with two attached hydrogens (primary N) is 1. The van der Waals surface area contributed by atoms with Gasteiger partial charge in [-0.25, -0.2) is 0 Å². The van der Waals surface area contributed by atoms with Gasteiger partial charge in [0.1, 0.15) is 0 Å². The van der Waals surface area contributed by atoms with Gasteiger partial charge in [0.15, 0.2) is 0 Å². The molecule has 0 saturated heterocycles. The Morgan fingerprint density at radius 1 is 1.50 bits per heavy atom. The summed E-state index contributed by atoms with van der Waals surface area (Å²) in [6, 6.07) is 5.29. The molecule has 1 aromatic rings. The minimum Gasteiger partial charge on any atom is -0.348 e. The standard InChI is InChI=1S/C14H20ClN3OS/c1-2-20-13-5-3-4-12(13)17-14(19)10-8-9(15)6-7-11(10)18-16/h6-8,12-13,18H,2-5,16H2,1H3,(H,17,19). The first-order chi connectivity index (χ1) is 9.65. The van der Waals surface area contributed by atoms with Crippen molar-refractivity contribution in [2.75, 3.05) is 11.2 Å². The highest BCUT2D eigenvalue weighted by Gasteiger charge is 2.29. The van der Waals surface area contributed by atoms with Crippen molar-refractivity contribution in [3.63, 3.8) is 0 Å². The van der Waals surface area contributed by atoms with Gasteiger partial charge < -0.3 is 10.7 Å². The molecule has 0 bridgehead atoms. The Hall–Kier alpha value is -0.910. The Kier molecular flexibility index (Phi) is 5.57. The molecule has 110 valence electrons. The molecule has 2 atom stereocenters. The van der Waals surface area contributed by atoms with Crippen molar-refractivity contribution < 1.29 is 4.79 Å². The number of anilines is 1. The summed E-state index contributed by atoms with van der Waals surface area (Å²) >= 11 is 7.88. The fourth-order valence-electron chi connectivity index (χ4n) is 2.58. The van der Waals surface area contributed by atoms with Gasteiger partial charge in [0.2, 0.25) is 0 Å². The summed E-state index contributed by atoms with van der Waals surface area (Å²) in [5.41, 5.74) is 3.62. The fourth-order valence-corrected chi connectivity index (χ4v) is 3.95. The van der Waals surface area contributed by atoms with Crippen molar-refractivity contribution in [1.29, 1.82) is 0 Å². The van der Waals surface area contributed by atoms with E-state index in [1.807, 2.05) is 11.8 Å². The lowest BCUT2D eigenvalue weighted by atomic mass is 10.1. The maximum absolute atomic E-state index is 12.4. The Morgan fingerprint density at radius 3 is 3.00 bits per heavy atom. The molecule has 1 fully saturated rings.